The number of likely N-dealkylation sites (N-methyl/N-ethyl adjacent to an activating group) is 1. The highest BCUT2D eigenvalue weighted by molar-refractivity contribution is 9.10. The van der Waals surface area contributed by atoms with Crippen LogP contribution in [-0.2, 0) is 13.2 Å². The summed E-state index contributed by atoms with van der Waals surface area (Å²) in [4.78, 5) is 2.54. The lowest BCUT2D eigenvalue weighted by molar-refractivity contribution is 0.259. The molecule has 0 amide bonds. The number of nitrogens with zero attached hydrogens (tertiary/aromatic N) is 1. The zero-order valence-corrected chi connectivity index (χ0v) is 18.1. The van der Waals surface area contributed by atoms with Crippen molar-refractivity contribution < 1.29 is 13.9 Å². The average molecular weight is 451 g/mol. The number of rotatable bonds is 9. The molecule has 28 heavy (non-hydrogen) atoms. The average Bonchev–Trinajstić information content (AvgIpc) is 3.16. The van der Waals surface area contributed by atoms with Crippen molar-refractivity contribution >= 4 is 15.9 Å². The molecular weight excluding hydrogens is 423 g/mol. The van der Waals surface area contributed by atoms with E-state index in [-0.39, 0.29) is 5.82 Å². The van der Waals surface area contributed by atoms with Crippen LogP contribution in [0.1, 0.15) is 30.9 Å². The molecule has 0 spiro atoms. The maximum absolute atomic E-state index is 13.0. The van der Waals surface area contributed by atoms with E-state index in [9.17, 15) is 4.39 Å². The van der Waals surface area contributed by atoms with Crippen LogP contribution in [0.25, 0.3) is 0 Å². The lowest BCUT2D eigenvalue weighted by Crippen LogP contribution is -2.37. The van der Waals surface area contributed by atoms with Gasteiger partial charge in [0.1, 0.15) is 12.4 Å². The van der Waals surface area contributed by atoms with Crippen LogP contribution in [0.2, 0.25) is 0 Å². The number of nitrogens with one attached hydrogen (secondary N) is 1. The minimum absolute atomic E-state index is 0.249. The zero-order chi connectivity index (χ0) is 19.9. The number of benzene rings is 2. The van der Waals surface area contributed by atoms with Crippen molar-refractivity contribution in [3.05, 3.63) is 57.8 Å². The van der Waals surface area contributed by atoms with Gasteiger partial charge < -0.3 is 14.8 Å². The van der Waals surface area contributed by atoms with Crippen molar-refractivity contribution in [3.63, 3.8) is 0 Å². The molecule has 1 atom stereocenters. The topological polar surface area (TPSA) is 33.7 Å². The third-order valence-corrected chi connectivity index (χ3v) is 5.98. The highest BCUT2D eigenvalue weighted by Crippen LogP contribution is 2.34. The highest BCUT2D eigenvalue weighted by atomic mass is 79.9. The van der Waals surface area contributed by atoms with Crippen molar-refractivity contribution in [3.8, 4) is 11.5 Å². The first-order valence-corrected chi connectivity index (χ1v) is 10.6. The molecule has 1 N–H and O–H groups in total. The predicted molar refractivity (Wildman–Crippen MR) is 113 cm³/mol. The summed E-state index contributed by atoms with van der Waals surface area (Å²) in [5.41, 5.74) is 2.04. The number of likely N-dealkylation sites (tertiary alicyclic amines) is 1. The van der Waals surface area contributed by atoms with Crippen molar-refractivity contribution in [2.75, 3.05) is 26.7 Å². The molecule has 2 aromatic carbocycles. The van der Waals surface area contributed by atoms with Gasteiger partial charge in [0, 0.05) is 23.6 Å². The molecule has 1 aliphatic rings. The Bertz CT molecular complexity index is 770. The Kier molecular flexibility index (Phi) is 7.71. The van der Waals surface area contributed by atoms with Gasteiger partial charge in [0.15, 0.2) is 11.5 Å². The largest absolute Gasteiger partial charge is 0.493 e. The molecule has 6 heteroatoms. The van der Waals surface area contributed by atoms with Gasteiger partial charge in [0.05, 0.1) is 7.11 Å². The van der Waals surface area contributed by atoms with Crippen LogP contribution in [0.4, 0.5) is 4.39 Å². The highest BCUT2D eigenvalue weighted by Gasteiger charge is 2.22. The number of hydrogen-bond acceptors (Lipinski definition) is 4. The first-order chi connectivity index (χ1) is 13.6. The fourth-order valence-corrected chi connectivity index (χ4v) is 4.11. The summed E-state index contributed by atoms with van der Waals surface area (Å²) in [5.74, 6) is 1.11. The van der Waals surface area contributed by atoms with Gasteiger partial charge in [-0.3, -0.25) is 4.90 Å². The van der Waals surface area contributed by atoms with Gasteiger partial charge in [-0.15, -0.1) is 0 Å². The molecule has 0 radical (unpaired) electrons. The lowest BCUT2D eigenvalue weighted by Gasteiger charge is -2.23. The fraction of sp³-hybridized carbons (Fsp3) is 0.455. The predicted octanol–water partition coefficient (Wildman–Crippen LogP) is 4.75. The molecule has 1 aliphatic heterocycles. The van der Waals surface area contributed by atoms with Crippen LogP contribution >= 0.6 is 15.9 Å². The Morgan fingerprint density at radius 3 is 2.71 bits per heavy atom. The third kappa shape index (κ3) is 5.46. The quantitative estimate of drug-likeness (QED) is 0.597. The monoisotopic (exact) mass is 450 g/mol. The number of methoxy groups -OCH3 is 1. The summed E-state index contributed by atoms with van der Waals surface area (Å²) in [6, 6.07) is 10.9. The lowest BCUT2D eigenvalue weighted by atomic mass is 10.1. The summed E-state index contributed by atoms with van der Waals surface area (Å²) >= 11 is 3.65. The second-order valence-electron chi connectivity index (χ2n) is 7.07. The first kappa shape index (κ1) is 21.1. The van der Waals surface area contributed by atoms with E-state index in [1.165, 1.54) is 31.5 Å². The molecule has 1 saturated heterocycles. The maximum atomic E-state index is 13.0. The molecule has 0 bridgehead atoms. The van der Waals surface area contributed by atoms with Crippen molar-refractivity contribution in [1.82, 2.24) is 10.2 Å². The van der Waals surface area contributed by atoms with Gasteiger partial charge in [-0.1, -0.05) is 35.0 Å². The van der Waals surface area contributed by atoms with Gasteiger partial charge in [-0.05, 0) is 61.3 Å². The number of ether oxygens (including phenoxy) is 2. The van der Waals surface area contributed by atoms with Crippen molar-refractivity contribution in [2.24, 2.45) is 0 Å². The normalized spacial score (nSPS) is 17.1. The van der Waals surface area contributed by atoms with E-state index in [4.69, 9.17) is 9.47 Å². The molecule has 1 unspecified atom stereocenters. The van der Waals surface area contributed by atoms with Crippen LogP contribution in [0.5, 0.6) is 11.5 Å². The van der Waals surface area contributed by atoms with Crippen LogP contribution in [-0.4, -0.2) is 37.7 Å². The molecule has 1 fully saturated rings. The molecular formula is C22H28BrFN2O2. The SMILES string of the molecule is CCN1CCCC1CNCc1cc(OC)c(OCc2ccc(F)cc2)cc1Br. The Balaban J connectivity index is 1.59. The molecule has 152 valence electrons. The Hall–Kier alpha value is -1.63. The van der Waals surface area contributed by atoms with E-state index in [1.54, 1.807) is 19.2 Å². The van der Waals surface area contributed by atoms with Crippen LogP contribution < -0.4 is 14.8 Å². The molecule has 0 aliphatic carbocycles. The fourth-order valence-electron chi connectivity index (χ4n) is 3.64. The van der Waals surface area contributed by atoms with Crippen molar-refractivity contribution in [1.29, 1.82) is 0 Å². The van der Waals surface area contributed by atoms with Crippen LogP contribution in [0, 0.1) is 5.82 Å². The summed E-state index contributed by atoms with van der Waals surface area (Å²) in [6.07, 6.45) is 2.55. The summed E-state index contributed by atoms with van der Waals surface area (Å²) in [7, 11) is 1.64. The molecule has 4 nitrogen and oxygen atoms in total. The minimum atomic E-state index is -0.249. The summed E-state index contributed by atoms with van der Waals surface area (Å²) in [6.45, 7) is 6.67. The standard InChI is InChI=1S/C22H28BrFN2O2/c1-3-26-10-4-5-19(26)14-25-13-17-11-21(27-2)22(12-20(17)23)28-15-16-6-8-18(24)9-7-16/h6-9,11-12,19,25H,3-5,10,13-15H2,1-2H3. The van der Waals surface area contributed by atoms with E-state index < -0.39 is 0 Å². The second-order valence-corrected chi connectivity index (χ2v) is 7.92. The van der Waals surface area contributed by atoms with Crippen LogP contribution in [0.15, 0.2) is 40.9 Å². The molecule has 1 heterocycles. The van der Waals surface area contributed by atoms with E-state index in [0.717, 1.165) is 35.2 Å². The Morgan fingerprint density at radius 2 is 2.00 bits per heavy atom. The number of hydrogen-bond donors (Lipinski definition) is 1. The summed E-state index contributed by atoms with van der Waals surface area (Å²) in [5, 5.41) is 3.58. The first-order valence-electron chi connectivity index (χ1n) is 9.79. The Morgan fingerprint density at radius 1 is 1.21 bits per heavy atom. The van der Waals surface area contributed by atoms with Gasteiger partial charge in [0.25, 0.3) is 0 Å². The third-order valence-electron chi connectivity index (χ3n) is 5.24. The van der Waals surface area contributed by atoms with Gasteiger partial charge in [0.2, 0.25) is 0 Å². The Labute approximate surface area is 175 Å². The van der Waals surface area contributed by atoms with Crippen LogP contribution in [0.3, 0.4) is 0 Å². The molecule has 2 aromatic rings. The molecule has 3 rings (SSSR count). The number of halogens is 2. The van der Waals surface area contributed by atoms with Crippen molar-refractivity contribution in [2.45, 2.75) is 39.0 Å². The smallest absolute Gasteiger partial charge is 0.162 e. The molecule has 0 aromatic heterocycles. The van der Waals surface area contributed by atoms with Gasteiger partial charge in [-0.25, -0.2) is 4.39 Å². The van der Waals surface area contributed by atoms with E-state index in [1.807, 2.05) is 12.1 Å². The van der Waals surface area contributed by atoms with Gasteiger partial charge >= 0.3 is 0 Å². The molecule has 0 saturated carbocycles. The minimum Gasteiger partial charge on any atom is -0.493 e. The van der Waals surface area contributed by atoms with Gasteiger partial charge in [-0.2, -0.15) is 0 Å². The maximum Gasteiger partial charge on any atom is 0.162 e. The zero-order valence-electron chi connectivity index (χ0n) is 16.5. The summed E-state index contributed by atoms with van der Waals surface area (Å²) < 4.78 is 25.4. The van der Waals surface area contributed by atoms with E-state index in [2.05, 4.69) is 33.1 Å². The van der Waals surface area contributed by atoms with E-state index in [0.29, 0.717) is 24.1 Å². The second kappa shape index (κ2) is 10.2. The van der Waals surface area contributed by atoms with E-state index >= 15 is 0 Å².